The lowest BCUT2D eigenvalue weighted by Gasteiger charge is -2.19. The first-order valence-corrected chi connectivity index (χ1v) is 9.35. The van der Waals surface area contributed by atoms with Crippen LogP contribution < -0.4 is 5.32 Å². The topological polar surface area (TPSA) is 105 Å². The Balaban J connectivity index is 1.63. The summed E-state index contributed by atoms with van der Waals surface area (Å²) >= 11 is 6.30. The van der Waals surface area contributed by atoms with Crippen LogP contribution in [0, 0.1) is 0 Å². The van der Waals surface area contributed by atoms with Gasteiger partial charge in [0.25, 0.3) is 5.91 Å². The highest BCUT2D eigenvalue weighted by molar-refractivity contribution is 6.33. The highest BCUT2D eigenvalue weighted by Gasteiger charge is 2.34. The molecule has 9 heteroatoms. The molecule has 1 aromatic carbocycles. The van der Waals surface area contributed by atoms with Crippen molar-refractivity contribution in [3.63, 3.8) is 0 Å². The highest BCUT2D eigenvalue weighted by Crippen LogP contribution is 2.32. The van der Waals surface area contributed by atoms with E-state index in [9.17, 15) is 14.7 Å². The highest BCUT2D eigenvalue weighted by atomic mass is 35.5. The number of aliphatic carboxylic acids is 1. The molecule has 146 valence electrons. The number of hydrogen-bond donors (Lipinski definition) is 2. The van der Waals surface area contributed by atoms with Crippen LogP contribution in [0.3, 0.4) is 0 Å². The Morgan fingerprint density at radius 3 is 3.00 bits per heavy atom. The number of nitrogens with one attached hydrogen (secondary N) is 1. The predicted octanol–water partition coefficient (Wildman–Crippen LogP) is 2.43. The van der Waals surface area contributed by atoms with Crippen molar-refractivity contribution in [2.45, 2.75) is 32.0 Å². The van der Waals surface area contributed by atoms with E-state index in [1.807, 2.05) is 12.1 Å². The van der Waals surface area contributed by atoms with Gasteiger partial charge in [-0.15, -0.1) is 0 Å². The zero-order chi connectivity index (χ0) is 19.8. The molecule has 4 rings (SSSR count). The van der Waals surface area contributed by atoms with Crippen molar-refractivity contribution in [1.82, 2.24) is 14.9 Å². The van der Waals surface area contributed by atoms with Crippen LogP contribution in [0.5, 0.6) is 0 Å². The van der Waals surface area contributed by atoms with Gasteiger partial charge in [-0.25, -0.2) is 14.8 Å². The van der Waals surface area contributed by atoms with Crippen LogP contribution in [-0.2, 0) is 16.1 Å². The fourth-order valence-corrected chi connectivity index (χ4v) is 3.59. The molecule has 8 nitrogen and oxygen atoms in total. The summed E-state index contributed by atoms with van der Waals surface area (Å²) < 4.78 is 5.35. The minimum absolute atomic E-state index is 0.154. The second kappa shape index (κ2) is 7.37. The van der Waals surface area contributed by atoms with Crippen molar-refractivity contribution < 1.29 is 19.4 Å². The number of ether oxygens (including phenoxy) is 1. The van der Waals surface area contributed by atoms with Gasteiger partial charge in [0.1, 0.15) is 6.04 Å². The molecule has 2 aromatic rings. The molecule has 3 heterocycles. The number of carbonyl (C=O) groups excluding carboxylic acids is 1. The second-order valence-corrected chi connectivity index (χ2v) is 7.32. The average Bonchev–Trinajstić information content (AvgIpc) is 3.30. The Hall–Kier alpha value is -2.71. The quantitative estimate of drug-likeness (QED) is 0.791. The van der Waals surface area contributed by atoms with Gasteiger partial charge in [-0.2, -0.15) is 0 Å². The van der Waals surface area contributed by atoms with Crippen molar-refractivity contribution in [1.29, 1.82) is 0 Å². The number of rotatable bonds is 5. The molecule has 1 amide bonds. The molecule has 0 bridgehead atoms. The Morgan fingerprint density at radius 1 is 1.46 bits per heavy atom. The van der Waals surface area contributed by atoms with Crippen LogP contribution >= 0.6 is 11.6 Å². The minimum Gasteiger partial charge on any atom is -0.480 e. The fourth-order valence-electron chi connectivity index (χ4n) is 3.39. The summed E-state index contributed by atoms with van der Waals surface area (Å²) in [6.07, 6.45) is 2.40. The van der Waals surface area contributed by atoms with E-state index in [2.05, 4.69) is 15.3 Å². The van der Waals surface area contributed by atoms with Gasteiger partial charge in [0, 0.05) is 24.3 Å². The molecule has 0 radical (unpaired) electrons. The monoisotopic (exact) mass is 402 g/mol. The average molecular weight is 403 g/mol. The SMILES string of the molecule is CC(C(=O)O)N1Cc2ccc(-c3nc(NC4CCOC4)ncc3Cl)cc2C1=O. The maximum atomic E-state index is 12.7. The summed E-state index contributed by atoms with van der Waals surface area (Å²) in [7, 11) is 0. The number of benzene rings is 1. The summed E-state index contributed by atoms with van der Waals surface area (Å²) in [5.74, 6) is -0.895. The van der Waals surface area contributed by atoms with E-state index in [1.54, 1.807) is 6.07 Å². The molecular weight excluding hydrogens is 384 g/mol. The summed E-state index contributed by atoms with van der Waals surface area (Å²) in [4.78, 5) is 34.0. The maximum absolute atomic E-state index is 12.7. The van der Waals surface area contributed by atoms with Crippen molar-refractivity contribution in [3.8, 4) is 11.3 Å². The van der Waals surface area contributed by atoms with Gasteiger partial charge in [-0.1, -0.05) is 23.7 Å². The Morgan fingerprint density at radius 2 is 2.29 bits per heavy atom. The third-order valence-electron chi connectivity index (χ3n) is 5.05. The van der Waals surface area contributed by atoms with Crippen LogP contribution in [0.15, 0.2) is 24.4 Å². The van der Waals surface area contributed by atoms with Crippen molar-refractivity contribution in [3.05, 3.63) is 40.5 Å². The maximum Gasteiger partial charge on any atom is 0.326 e. The number of halogens is 1. The number of fused-ring (bicyclic) bond motifs is 1. The zero-order valence-electron chi connectivity index (χ0n) is 15.2. The third kappa shape index (κ3) is 3.41. The molecule has 2 N–H and O–H groups in total. The van der Waals surface area contributed by atoms with E-state index in [4.69, 9.17) is 16.3 Å². The molecular formula is C19H19ClN4O4. The lowest BCUT2D eigenvalue weighted by molar-refractivity contribution is -0.141. The first-order valence-electron chi connectivity index (χ1n) is 8.98. The van der Waals surface area contributed by atoms with Crippen LogP contribution in [0.1, 0.15) is 29.3 Å². The summed E-state index contributed by atoms with van der Waals surface area (Å²) in [6, 6.07) is 4.62. The molecule has 1 aromatic heterocycles. The molecule has 1 fully saturated rings. The molecule has 2 aliphatic heterocycles. The van der Waals surface area contributed by atoms with Gasteiger partial charge in [-0.3, -0.25) is 4.79 Å². The number of carboxylic acid groups (broad SMARTS) is 1. The largest absolute Gasteiger partial charge is 0.480 e. The lowest BCUT2D eigenvalue weighted by Crippen LogP contribution is -2.38. The van der Waals surface area contributed by atoms with E-state index in [-0.39, 0.29) is 18.5 Å². The fraction of sp³-hybridized carbons (Fsp3) is 0.368. The van der Waals surface area contributed by atoms with E-state index < -0.39 is 12.0 Å². The van der Waals surface area contributed by atoms with E-state index in [0.717, 1.165) is 12.0 Å². The molecule has 2 aliphatic rings. The number of carbonyl (C=O) groups is 2. The molecule has 28 heavy (non-hydrogen) atoms. The standard InChI is InChI=1S/C19H19ClN4O4/c1-10(18(26)27)24-8-12-3-2-11(6-14(12)17(24)25)16-15(20)7-21-19(23-16)22-13-4-5-28-9-13/h2-3,6-7,10,13H,4-5,8-9H2,1H3,(H,26,27)(H,21,22,23). The number of hydrogen-bond acceptors (Lipinski definition) is 6. The Bertz CT molecular complexity index is 946. The number of carboxylic acids is 1. The Labute approximate surface area is 166 Å². The normalized spacial score (nSPS) is 19.6. The van der Waals surface area contributed by atoms with Gasteiger partial charge in [0.2, 0.25) is 5.95 Å². The molecule has 2 atom stereocenters. The number of amides is 1. The van der Waals surface area contributed by atoms with Gasteiger partial charge in [-0.05, 0) is 25.0 Å². The Kier molecular flexibility index (Phi) is 4.91. The summed E-state index contributed by atoms with van der Waals surface area (Å²) in [6.45, 7) is 3.08. The summed E-state index contributed by atoms with van der Waals surface area (Å²) in [5.41, 5.74) is 2.45. The summed E-state index contributed by atoms with van der Waals surface area (Å²) in [5, 5.41) is 12.8. The van der Waals surface area contributed by atoms with Gasteiger partial charge < -0.3 is 20.1 Å². The van der Waals surface area contributed by atoms with Crippen molar-refractivity contribution >= 4 is 29.4 Å². The first kappa shape index (κ1) is 18.6. The van der Waals surface area contributed by atoms with E-state index >= 15 is 0 Å². The van der Waals surface area contributed by atoms with E-state index in [0.29, 0.717) is 41.0 Å². The smallest absolute Gasteiger partial charge is 0.326 e. The van der Waals surface area contributed by atoms with Gasteiger partial charge in [0.15, 0.2) is 0 Å². The van der Waals surface area contributed by atoms with Gasteiger partial charge in [0.05, 0.1) is 29.6 Å². The second-order valence-electron chi connectivity index (χ2n) is 6.91. The molecule has 0 aliphatic carbocycles. The van der Waals surface area contributed by atoms with Crippen LogP contribution in [0.4, 0.5) is 5.95 Å². The van der Waals surface area contributed by atoms with Crippen molar-refractivity contribution in [2.24, 2.45) is 0 Å². The van der Waals surface area contributed by atoms with Crippen molar-refractivity contribution in [2.75, 3.05) is 18.5 Å². The number of anilines is 1. The molecule has 2 unspecified atom stereocenters. The van der Waals surface area contributed by atoms with Crippen LogP contribution in [0.2, 0.25) is 5.02 Å². The predicted molar refractivity (Wildman–Crippen MR) is 102 cm³/mol. The van der Waals surface area contributed by atoms with Crippen LogP contribution in [-0.4, -0.2) is 57.1 Å². The lowest BCUT2D eigenvalue weighted by atomic mass is 10.0. The van der Waals surface area contributed by atoms with Crippen LogP contribution in [0.25, 0.3) is 11.3 Å². The zero-order valence-corrected chi connectivity index (χ0v) is 15.9. The molecule has 0 spiro atoms. The number of nitrogens with zero attached hydrogens (tertiary/aromatic N) is 3. The third-order valence-corrected chi connectivity index (χ3v) is 5.32. The molecule has 1 saturated heterocycles. The van der Waals surface area contributed by atoms with Gasteiger partial charge >= 0.3 is 5.97 Å². The van der Waals surface area contributed by atoms with E-state index in [1.165, 1.54) is 18.0 Å². The number of aromatic nitrogens is 2. The minimum atomic E-state index is -1.04. The molecule has 0 saturated carbocycles. The first-order chi connectivity index (χ1) is 13.4.